The van der Waals surface area contributed by atoms with E-state index >= 15 is 0 Å². The van der Waals surface area contributed by atoms with Gasteiger partial charge in [0.05, 0.1) is 42.8 Å². The second kappa shape index (κ2) is 26.6. The van der Waals surface area contributed by atoms with Crippen molar-refractivity contribution in [1.82, 2.24) is 21.0 Å². The molecule has 18 nitrogen and oxygen atoms in total. The smallest absolute Gasteiger partial charge is 0.363 e. The summed E-state index contributed by atoms with van der Waals surface area (Å²) < 4.78 is 33.7. The van der Waals surface area contributed by atoms with Crippen molar-refractivity contribution in [2.75, 3.05) is 26.5 Å². The minimum Gasteiger partial charge on any atom is -0.493 e. The summed E-state index contributed by atoms with van der Waals surface area (Å²) >= 11 is 0. The van der Waals surface area contributed by atoms with E-state index in [9.17, 15) is 33.6 Å². The van der Waals surface area contributed by atoms with Crippen LogP contribution < -0.4 is 30.2 Å². The number of carbonyl (C=O) groups excluding carboxylic acids is 7. The van der Waals surface area contributed by atoms with E-state index in [0.717, 1.165) is 23.5 Å². The third kappa shape index (κ3) is 14.9. The van der Waals surface area contributed by atoms with E-state index in [2.05, 4.69) is 16.0 Å². The van der Waals surface area contributed by atoms with Crippen molar-refractivity contribution in [1.29, 1.82) is 0 Å². The molecule has 0 radical (unpaired) electrons. The molecule has 6 rings (SSSR count). The molecule has 0 unspecified atom stereocenters. The Morgan fingerprint density at radius 1 is 0.746 bits per heavy atom. The number of nitrogens with one attached hydrogen (secondary N) is 3. The minimum absolute atomic E-state index is 0.0311. The molecule has 1 aliphatic heterocycles. The predicted octanol–water partition coefficient (Wildman–Crippen LogP) is 7.10. The van der Waals surface area contributed by atoms with Crippen molar-refractivity contribution in [3.63, 3.8) is 0 Å². The number of furan rings is 1. The molecule has 0 saturated heterocycles. The summed E-state index contributed by atoms with van der Waals surface area (Å²) in [6.45, 7) is 5.95. The molecule has 3 atom stereocenters. The van der Waals surface area contributed by atoms with E-state index < -0.39 is 60.1 Å². The Morgan fingerprint density at radius 2 is 1.45 bits per heavy atom. The minimum atomic E-state index is -1.41. The number of hydrogen-bond acceptors (Lipinski definition) is 14. The Labute approximate surface area is 411 Å². The molecule has 2 heterocycles. The standard InChI is InChI=1S/C53H58N4O14/c1-4-7-10-19-39(42(5-2)57(34-58)71-52(63)38-21-23-44-47(29-38)67-27-26-66-44)49(60)54-33-55-51(62)45-25-24-43(70-45)37-20-22-40(46(28-37)65-6-3)50(61)56-41(53(64)69-32-36-17-13-9-14-18-36)30-48(59)68-31-35-15-11-8-12-16-35/h8-9,11-18,20-25,28-29,34,39,41-42H,4-7,10,19,26-27,30-33H2,1-3H3,(H,54,60)(H,55,62)(H,56,61)/t39-,41+,42-/m1/s1. The average Bonchev–Trinajstić information content (AvgIpc) is 3.90. The summed E-state index contributed by atoms with van der Waals surface area (Å²) in [5.74, 6) is -3.91. The number of nitrogens with zero attached hydrogens (tertiary/aromatic N) is 1. The van der Waals surface area contributed by atoms with Gasteiger partial charge in [-0.2, -0.15) is 5.06 Å². The van der Waals surface area contributed by atoms with Crippen molar-refractivity contribution in [2.45, 2.75) is 84.6 Å². The van der Waals surface area contributed by atoms with Crippen LogP contribution in [0.5, 0.6) is 17.2 Å². The van der Waals surface area contributed by atoms with Crippen LogP contribution in [0.15, 0.2) is 114 Å². The maximum absolute atomic E-state index is 13.8. The molecular weight excluding hydrogens is 917 g/mol. The zero-order valence-corrected chi connectivity index (χ0v) is 39.8. The first kappa shape index (κ1) is 52.2. The SMILES string of the molecule is CCCCC[C@@H](C(=O)NCNC(=O)c1ccc(-c2ccc(C(=O)N[C@@H](CC(=O)OCc3ccccc3)C(=O)OCc3ccccc3)c(OCC)c2)o1)[C@@H](CC)N(C=O)OC(=O)c1ccc2c(c1)OCCO2. The first-order valence-electron chi connectivity index (χ1n) is 23.5. The molecule has 0 saturated carbocycles. The summed E-state index contributed by atoms with van der Waals surface area (Å²) in [5, 5.41) is 8.83. The van der Waals surface area contributed by atoms with Crippen molar-refractivity contribution >= 4 is 42.0 Å². The van der Waals surface area contributed by atoms with Gasteiger partial charge in [-0.25, -0.2) is 9.59 Å². The van der Waals surface area contributed by atoms with E-state index in [1.165, 1.54) is 30.3 Å². The fourth-order valence-electron chi connectivity index (χ4n) is 7.65. The Balaban J connectivity index is 1.08. The maximum Gasteiger partial charge on any atom is 0.363 e. The molecule has 5 aromatic rings. The van der Waals surface area contributed by atoms with Gasteiger partial charge in [0.25, 0.3) is 11.8 Å². The van der Waals surface area contributed by atoms with E-state index in [1.807, 2.05) is 19.1 Å². The first-order valence-corrected chi connectivity index (χ1v) is 23.5. The summed E-state index contributed by atoms with van der Waals surface area (Å²) in [6, 6.07) is 27.8. The molecule has 0 aliphatic carbocycles. The number of amides is 4. The van der Waals surface area contributed by atoms with Crippen LogP contribution in [0.1, 0.15) is 102 Å². The molecule has 374 valence electrons. The summed E-state index contributed by atoms with van der Waals surface area (Å²) in [7, 11) is 0. The number of rotatable bonds is 26. The lowest BCUT2D eigenvalue weighted by atomic mass is 9.90. The van der Waals surface area contributed by atoms with Crippen LogP contribution >= 0.6 is 0 Å². The quantitative estimate of drug-likeness (QED) is 0.0165. The van der Waals surface area contributed by atoms with Gasteiger partial charge in [0.15, 0.2) is 17.3 Å². The summed E-state index contributed by atoms with van der Waals surface area (Å²) in [6.07, 6.45) is 2.85. The van der Waals surface area contributed by atoms with Gasteiger partial charge in [0.2, 0.25) is 12.3 Å². The lowest BCUT2D eigenvalue weighted by Crippen LogP contribution is -2.49. The first-order chi connectivity index (χ1) is 34.5. The number of unbranched alkanes of at least 4 members (excludes halogenated alkanes) is 2. The lowest BCUT2D eigenvalue weighted by molar-refractivity contribution is -0.171. The number of fused-ring (bicyclic) bond motifs is 1. The van der Waals surface area contributed by atoms with E-state index in [-0.39, 0.29) is 61.3 Å². The molecule has 3 N–H and O–H groups in total. The molecule has 1 aromatic heterocycles. The van der Waals surface area contributed by atoms with Crippen molar-refractivity contribution in [2.24, 2.45) is 5.92 Å². The van der Waals surface area contributed by atoms with Gasteiger partial charge >= 0.3 is 17.9 Å². The number of hydroxylamine groups is 2. The Hall–Kier alpha value is -8.15. The molecule has 1 aliphatic rings. The molecule has 0 fully saturated rings. The van der Waals surface area contributed by atoms with Gasteiger partial charge in [0.1, 0.15) is 44.0 Å². The van der Waals surface area contributed by atoms with Crippen molar-refractivity contribution in [3.05, 3.63) is 137 Å². The number of esters is 2. The van der Waals surface area contributed by atoms with Gasteiger partial charge in [-0.3, -0.25) is 24.0 Å². The second-order valence-electron chi connectivity index (χ2n) is 16.3. The summed E-state index contributed by atoms with van der Waals surface area (Å²) in [4.78, 5) is 98.3. The third-order valence-corrected chi connectivity index (χ3v) is 11.3. The summed E-state index contributed by atoms with van der Waals surface area (Å²) in [5.41, 5.74) is 2.06. The molecule has 4 aromatic carbocycles. The molecule has 71 heavy (non-hydrogen) atoms. The monoisotopic (exact) mass is 974 g/mol. The van der Waals surface area contributed by atoms with E-state index in [1.54, 1.807) is 80.6 Å². The number of hydrogen-bond donors (Lipinski definition) is 3. The van der Waals surface area contributed by atoms with Gasteiger partial charge in [-0.05, 0) is 73.4 Å². The highest BCUT2D eigenvalue weighted by atomic mass is 16.7. The average molecular weight is 975 g/mol. The zero-order chi connectivity index (χ0) is 50.5. The second-order valence-corrected chi connectivity index (χ2v) is 16.3. The van der Waals surface area contributed by atoms with Crippen LogP contribution in [0.25, 0.3) is 11.3 Å². The molecule has 0 bridgehead atoms. The van der Waals surface area contributed by atoms with Crippen LogP contribution in [-0.2, 0) is 46.7 Å². The highest BCUT2D eigenvalue weighted by Gasteiger charge is 2.34. The van der Waals surface area contributed by atoms with E-state index in [0.29, 0.717) is 55.1 Å². The molecule has 18 heteroatoms. The highest BCUT2D eigenvalue weighted by Crippen LogP contribution is 2.32. The normalized spacial score (nSPS) is 12.8. The predicted molar refractivity (Wildman–Crippen MR) is 257 cm³/mol. The zero-order valence-electron chi connectivity index (χ0n) is 39.8. The lowest BCUT2D eigenvalue weighted by Gasteiger charge is -2.32. The fraction of sp³-hybridized carbons (Fsp3) is 0.340. The number of carbonyl (C=O) groups is 7. The van der Waals surface area contributed by atoms with Crippen LogP contribution in [0, 0.1) is 5.92 Å². The van der Waals surface area contributed by atoms with Crippen LogP contribution in [0.3, 0.4) is 0 Å². The topological polar surface area (TPSA) is 227 Å². The van der Waals surface area contributed by atoms with Gasteiger partial charge in [0, 0.05) is 5.56 Å². The Morgan fingerprint density at radius 3 is 2.13 bits per heavy atom. The Kier molecular flexibility index (Phi) is 19.5. The number of ether oxygens (including phenoxy) is 5. The molecular formula is C53H58N4O14. The van der Waals surface area contributed by atoms with Crippen LogP contribution in [0.4, 0.5) is 0 Å². The third-order valence-electron chi connectivity index (χ3n) is 11.3. The maximum atomic E-state index is 13.8. The van der Waals surface area contributed by atoms with Gasteiger partial charge < -0.3 is 48.9 Å². The Bertz CT molecular complexity index is 2600. The van der Waals surface area contributed by atoms with Crippen molar-refractivity contribution in [3.8, 4) is 28.6 Å². The number of benzene rings is 4. The highest BCUT2D eigenvalue weighted by molar-refractivity contribution is 6.00. The van der Waals surface area contributed by atoms with Crippen LogP contribution in [0.2, 0.25) is 0 Å². The molecule has 4 amide bonds. The van der Waals surface area contributed by atoms with E-state index in [4.69, 9.17) is 32.9 Å². The fourth-order valence-corrected chi connectivity index (χ4v) is 7.65. The van der Waals surface area contributed by atoms with Gasteiger partial charge in [-0.15, -0.1) is 0 Å². The largest absolute Gasteiger partial charge is 0.493 e. The van der Waals surface area contributed by atoms with Crippen LogP contribution in [-0.4, -0.2) is 85.7 Å². The molecule has 0 spiro atoms. The van der Waals surface area contributed by atoms with Crippen molar-refractivity contribution < 1.29 is 66.5 Å². The van der Waals surface area contributed by atoms with Gasteiger partial charge in [-0.1, -0.05) is 99.8 Å².